The van der Waals surface area contributed by atoms with Gasteiger partial charge in [-0.1, -0.05) is 66.7 Å². The Kier molecular flexibility index (Phi) is 7.80. The molecule has 204 valence electrons. The number of aryl methyl sites for hydroxylation is 1. The smallest absolute Gasteiger partial charge is 0.251 e. The molecule has 1 heterocycles. The molecule has 5 N–H and O–H groups in total. The first-order chi connectivity index (χ1) is 19.7. The predicted octanol–water partition coefficient (Wildman–Crippen LogP) is 5.60. The summed E-state index contributed by atoms with van der Waals surface area (Å²) < 4.78 is 0. The van der Waals surface area contributed by atoms with E-state index in [0.717, 1.165) is 56.8 Å². The molecule has 6 nitrogen and oxygen atoms in total. The van der Waals surface area contributed by atoms with Gasteiger partial charge in [-0.3, -0.25) is 4.79 Å². The van der Waals surface area contributed by atoms with Crippen molar-refractivity contribution in [1.82, 2.24) is 10.6 Å². The van der Waals surface area contributed by atoms with Gasteiger partial charge in [-0.05, 0) is 76.9 Å². The largest absolute Gasteiger partial charge is 0.366 e. The Hall–Kier alpha value is -4.13. The minimum Gasteiger partial charge on any atom is -0.366 e. The highest BCUT2D eigenvalue weighted by molar-refractivity contribution is 5.94. The van der Waals surface area contributed by atoms with Gasteiger partial charge in [0.15, 0.2) is 0 Å². The summed E-state index contributed by atoms with van der Waals surface area (Å²) in [6.45, 7) is 3.75. The quantitative estimate of drug-likeness (QED) is 0.212. The molecule has 1 atom stereocenters. The first kappa shape index (κ1) is 26.1. The van der Waals surface area contributed by atoms with Gasteiger partial charge in [-0.15, -0.1) is 0 Å². The van der Waals surface area contributed by atoms with Gasteiger partial charge in [-0.25, -0.2) is 0 Å². The number of fused-ring (bicyclic) bond motifs is 2. The number of carbonyl (C=O) groups is 1. The minimum atomic E-state index is -0.00698. The van der Waals surface area contributed by atoms with Crippen molar-refractivity contribution in [2.24, 2.45) is 5.73 Å². The van der Waals surface area contributed by atoms with E-state index in [-0.39, 0.29) is 11.9 Å². The van der Waals surface area contributed by atoms with E-state index in [1.54, 1.807) is 0 Å². The summed E-state index contributed by atoms with van der Waals surface area (Å²) in [5.41, 5.74) is 16.0. The van der Waals surface area contributed by atoms with Gasteiger partial charge in [0, 0.05) is 31.7 Å². The van der Waals surface area contributed by atoms with E-state index in [2.05, 4.69) is 93.6 Å². The lowest BCUT2D eigenvalue weighted by molar-refractivity contribution is 0.0932. The normalized spacial score (nSPS) is 15.7. The van der Waals surface area contributed by atoms with Crippen LogP contribution in [0.4, 0.5) is 11.4 Å². The van der Waals surface area contributed by atoms with Crippen molar-refractivity contribution in [2.75, 3.05) is 30.0 Å². The zero-order valence-corrected chi connectivity index (χ0v) is 22.8. The number of anilines is 2. The number of amides is 1. The number of nitrogens with zero attached hydrogens (tertiary/aromatic N) is 1. The zero-order valence-electron chi connectivity index (χ0n) is 22.8. The van der Waals surface area contributed by atoms with E-state index in [1.807, 2.05) is 18.2 Å². The van der Waals surface area contributed by atoms with Gasteiger partial charge >= 0.3 is 0 Å². The standard InChI is InChI=1S/C34H37N5O/c35-17-18-36-21-24-11-13-26(14-12-24)28-15-16-32-33(20-28)39(23-37-32)22-25-5-3-8-29(19-25)34(40)38-31-10-4-7-27-6-1-2-9-30(27)31/h1-3,5-6,8-9,11-16,19-20,31,36-37H,4,7,10,17-18,21-23,35H2,(H,38,40). The van der Waals surface area contributed by atoms with E-state index >= 15 is 0 Å². The Bertz CT molecular complexity index is 1480. The van der Waals surface area contributed by atoms with Gasteiger partial charge in [-0.2, -0.15) is 0 Å². The fourth-order valence-electron chi connectivity index (χ4n) is 5.86. The molecular weight excluding hydrogens is 494 g/mol. The average Bonchev–Trinajstić information content (AvgIpc) is 3.39. The van der Waals surface area contributed by atoms with Crippen LogP contribution in [0.1, 0.15) is 51.5 Å². The van der Waals surface area contributed by atoms with Crippen LogP contribution in [0.25, 0.3) is 11.1 Å². The molecular formula is C34H37N5O. The molecule has 1 amide bonds. The third-order valence-corrected chi connectivity index (χ3v) is 7.97. The van der Waals surface area contributed by atoms with Gasteiger partial charge in [0.2, 0.25) is 0 Å². The number of carbonyl (C=O) groups excluding carboxylic acids is 1. The highest BCUT2D eigenvalue weighted by Crippen LogP contribution is 2.36. The Morgan fingerprint density at radius 2 is 1.77 bits per heavy atom. The molecule has 6 heteroatoms. The third kappa shape index (κ3) is 5.74. The molecule has 0 spiro atoms. The molecule has 4 aromatic carbocycles. The molecule has 0 saturated carbocycles. The van der Waals surface area contributed by atoms with Crippen LogP contribution in [0.15, 0.2) is 91.0 Å². The molecule has 1 aliphatic heterocycles. The van der Waals surface area contributed by atoms with Crippen LogP contribution in [0.3, 0.4) is 0 Å². The summed E-state index contributed by atoms with van der Waals surface area (Å²) in [6, 6.07) is 31.9. The lowest BCUT2D eigenvalue weighted by atomic mass is 9.87. The minimum absolute atomic E-state index is 0.00698. The Labute approximate surface area is 236 Å². The second kappa shape index (κ2) is 11.9. The van der Waals surface area contributed by atoms with Gasteiger partial charge in [0.25, 0.3) is 5.91 Å². The van der Waals surface area contributed by atoms with E-state index < -0.39 is 0 Å². The Balaban J connectivity index is 1.14. The van der Waals surface area contributed by atoms with Crippen LogP contribution in [-0.2, 0) is 19.5 Å². The van der Waals surface area contributed by atoms with Crippen LogP contribution in [0.5, 0.6) is 0 Å². The maximum Gasteiger partial charge on any atom is 0.251 e. The molecule has 0 saturated heterocycles. The van der Waals surface area contributed by atoms with Crippen LogP contribution >= 0.6 is 0 Å². The monoisotopic (exact) mass is 531 g/mol. The summed E-state index contributed by atoms with van der Waals surface area (Å²) >= 11 is 0. The number of nitrogens with two attached hydrogens (primary N) is 1. The molecule has 4 aromatic rings. The van der Waals surface area contributed by atoms with Gasteiger partial charge in [0.1, 0.15) is 0 Å². The first-order valence-corrected chi connectivity index (χ1v) is 14.3. The maximum atomic E-state index is 13.3. The lowest BCUT2D eigenvalue weighted by Gasteiger charge is -2.26. The summed E-state index contributed by atoms with van der Waals surface area (Å²) in [7, 11) is 0. The number of rotatable bonds is 9. The van der Waals surface area contributed by atoms with Crippen molar-refractivity contribution in [3.05, 3.63) is 119 Å². The Morgan fingerprint density at radius 3 is 2.65 bits per heavy atom. The first-order valence-electron chi connectivity index (χ1n) is 14.3. The number of nitrogens with one attached hydrogen (secondary N) is 3. The highest BCUT2D eigenvalue weighted by atomic mass is 16.1. The van der Waals surface area contributed by atoms with E-state index in [0.29, 0.717) is 12.1 Å². The molecule has 2 aliphatic rings. The van der Waals surface area contributed by atoms with E-state index in [1.165, 1.54) is 33.5 Å². The van der Waals surface area contributed by atoms with Crippen molar-refractivity contribution >= 4 is 17.3 Å². The molecule has 40 heavy (non-hydrogen) atoms. The van der Waals surface area contributed by atoms with Crippen molar-refractivity contribution < 1.29 is 4.79 Å². The fourth-order valence-corrected chi connectivity index (χ4v) is 5.86. The number of hydrogen-bond donors (Lipinski definition) is 4. The maximum absolute atomic E-state index is 13.3. The summed E-state index contributed by atoms with van der Waals surface area (Å²) in [5.74, 6) is -0.00698. The molecule has 6 rings (SSSR count). The van der Waals surface area contributed by atoms with Crippen LogP contribution < -0.4 is 26.6 Å². The second-order valence-corrected chi connectivity index (χ2v) is 10.7. The third-order valence-electron chi connectivity index (χ3n) is 7.97. The van der Waals surface area contributed by atoms with Crippen molar-refractivity contribution in [3.63, 3.8) is 0 Å². The molecule has 1 aliphatic carbocycles. The topological polar surface area (TPSA) is 82.4 Å². The fraction of sp³-hybridized carbons (Fsp3) is 0.265. The zero-order chi connectivity index (χ0) is 27.3. The van der Waals surface area contributed by atoms with E-state index in [4.69, 9.17) is 5.73 Å². The molecule has 0 bridgehead atoms. The molecule has 0 aromatic heterocycles. The SMILES string of the molecule is NCCNCc1ccc(-c2ccc3c(c2)N(Cc2cccc(C(=O)NC4CCCc5ccccc54)c2)CN3)cc1. The van der Waals surface area contributed by atoms with Crippen molar-refractivity contribution in [2.45, 2.75) is 38.4 Å². The Morgan fingerprint density at radius 1 is 0.925 bits per heavy atom. The number of benzene rings is 4. The van der Waals surface area contributed by atoms with Crippen LogP contribution in [0, 0.1) is 0 Å². The summed E-state index contributed by atoms with van der Waals surface area (Å²) in [5, 5.41) is 10.2. The van der Waals surface area contributed by atoms with E-state index in [9.17, 15) is 4.79 Å². The van der Waals surface area contributed by atoms with Crippen molar-refractivity contribution in [1.29, 1.82) is 0 Å². The van der Waals surface area contributed by atoms with Gasteiger partial charge in [0.05, 0.1) is 24.1 Å². The number of hydrogen-bond acceptors (Lipinski definition) is 5. The molecule has 0 fully saturated rings. The predicted molar refractivity (Wildman–Crippen MR) is 163 cm³/mol. The van der Waals surface area contributed by atoms with Gasteiger partial charge < -0.3 is 26.6 Å². The van der Waals surface area contributed by atoms with Crippen LogP contribution in [0.2, 0.25) is 0 Å². The highest BCUT2D eigenvalue weighted by Gasteiger charge is 2.23. The second-order valence-electron chi connectivity index (χ2n) is 10.7. The van der Waals surface area contributed by atoms with Crippen molar-refractivity contribution in [3.8, 4) is 11.1 Å². The lowest BCUT2D eigenvalue weighted by Crippen LogP contribution is -2.31. The average molecular weight is 532 g/mol. The summed E-state index contributed by atoms with van der Waals surface area (Å²) in [4.78, 5) is 15.6. The summed E-state index contributed by atoms with van der Waals surface area (Å²) in [6.07, 6.45) is 3.17. The molecule has 1 unspecified atom stereocenters. The molecule has 0 radical (unpaired) electrons. The van der Waals surface area contributed by atoms with Crippen LogP contribution in [-0.4, -0.2) is 25.7 Å².